The molecule has 11 heteroatoms. The Morgan fingerprint density at radius 1 is 1.05 bits per heavy atom. The van der Waals surface area contributed by atoms with Crippen molar-refractivity contribution < 1.29 is 33.0 Å². The van der Waals surface area contributed by atoms with Gasteiger partial charge in [0.1, 0.15) is 18.3 Å². The van der Waals surface area contributed by atoms with E-state index in [1.54, 1.807) is 30.3 Å². The number of hydrazine groups is 1. The van der Waals surface area contributed by atoms with Gasteiger partial charge in [0.05, 0.1) is 26.2 Å². The summed E-state index contributed by atoms with van der Waals surface area (Å²) in [4.78, 5) is 37.6. The van der Waals surface area contributed by atoms with Crippen molar-refractivity contribution in [3.63, 3.8) is 0 Å². The Morgan fingerprint density at radius 3 is 2.49 bits per heavy atom. The lowest BCUT2D eigenvalue weighted by atomic mass is 10.1. The van der Waals surface area contributed by atoms with Crippen LogP contribution in [0.15, 0.2) is 71.4 Å². The first-order chi connectivity index (χ1) is 17.9. The summed E-state index contributed by atoms with van der Waals surface area (Å²) in [5, 5.41) is 4.36. The number of hydrogen-bond acceptors (Lipinski definition) is 8. The van der Waals surface area contributed by atoms with Gasteiger partial charge in [-0.15, -0.1) is 0 Å². The number of benzene rings is 2. The van der Waals surface area contributed by atoms with Crippen LogP contribution >= 0.6 is 11.6 Å². The number of ether oxygens (including phenoxy) is 3. The molecule has 2 aromatic carbocycles. The Bertz CT molecular complexity index is 1310. The zero-order chi connectivity index (χ0) is 26.4. The Kier molecular flexibility index (Phi) is 7.99. The summed E-state index contributed by atoms with van der Waals surface area (Å²) in [7, 11) is 2.94. The van der Waals surface area contributed by atoms with E-state index in [0.717, 1.165) is 5.56 Å². The number of nitrogens with one attached hydrogen (secondary N) is 2. The maximum atomic E-state index is 13.0. The van der Waals surface area contributed by atoms with Gasteiger partial charge in [0.2, 0.25) is 0 Å². The molecule has 10 nitrogen and oxygen atoms in total. The minimum absolute atomic E-state index is 0.268. The lowest BCUT2D eigenvalue weighted by molar-refractivity contribution is -0.152. The molecule has 0 saturated carbocycles. The molecule has 0 aliphatic carbocycles. The molecule has 0 spiro atoms. The molecule has 0 unspecified atom stereocenters. The van der Waals surface area contributed by atoms with Gasteiger partial charge in [-0.25, -0.2) is 5.01 Å². The molecule has 1 aliphatic heterocycles. The van der Waals surface area contributed by atoms with E-state index >= 15 is 0 Å². The summed E-state index contributed by atoms with van der Waals surface area (Å²) in [6.07, 6.45) is 3.33. The summed E-state index contributed by atoms with van der Waals surface area (Å²) in [5.41, 5.74) is 4.79. The predicted octanol–water partition coefficient (Wildman–Crippen LogP) is 3.35. The minimum Gasteiger partial charge on any atom is -0.493 e. The van der Waals surface area contributed by atoms with Crippen LogP contribution in [0.2, 0.25) is 5.02 Å². The molecule has 192 valence electrons. The van der Waals surface area contributed by atoms with Gasteiger partial charge in [-0.3, -0.25) is 19.8 Å². The van der Waals surface area contributed by atoms with Gasteiger partial charge in [-0.1, -0.05) is 23.7 Å². The van der Waals surface area contributed by atoms with Gasteiger partial charge in [0.25, 0.3) is 11.8 Å². The highest BCUT2D eigenvalue weighted by atomic mass is 35.5. The average molecular weight is 526 g/mol. The molecule has 0 bridgehead atoms. The van der Waals surface area contributed by atoms with E-state index in [2.05, 4.69) is 10.7 Å². The van der Waals surface area contributed by atoms with E-state index in [1.165, 1.54) is 37.6 Å². The molecule has 1 atom stereocenters. The molecule has 0 fully saturated rings. The number of hydrogen-bond donors (Lipinski definition) is 2. The summed E-state index contributed by atoms with van der Waals surface area (Å²) >= 11 is 5.98. The maximum absolute atomic E-state index is 13.0. The first kappa shape index (κ1) is 25.6. The third-order valence-electron chi connectivity index (χ3n) is 5.50. The molecule has 1 aliphatic rings. The SMILES string of the molecule is COc1ccc(C(=O)NCC(=O)OCC(=O)N2NC(c3ccc(Cl)cc3)=C[C@@H]2c2ccco2)cc1OC. The zero-order valence-electron chi connectivity index (χ0n) is 20.0. The molecule has 0 saturated heterocycles. The molecule has 4 rings (SSSR count). The van der Waals surface area contributed by atoms with Crippen molar-refractivity contribution in [2.45, 2.75) is 6.04 Å². The van der Waals surface area contributed by atoms with Crippen molar-refractivity contribution in [2.75, 3.05) is 27.4 Å². The van der Waals surface area contributed by atoms with Gasteiger partial charge in [-0.05, 0) is 54.1 Å². The Hall–Kier alpha value is -4.44. The van der Waals surface area contributed by atoms with Gasteiger partial charge < -0.3 is 23.9 Å². The fourth-order valence-electron chi connectivity index (χ4n) is 3.64. The van der Waals surface area contributed by atoms with E-state index in [-0.39, 0.29) is 5.56 Å². The number of nitrogens with zero attached hydrogens (tertiary/aromatic N) is 1. The fourth-order valence-corrected chi connectivity index (χ4v) is 3.77. The topological polar surface area (TPSA) is 119 Å². The first-order valence-corrected chi connectivity index (χ1v) is 11.5. The number of rotatable bonds is 9. The molecule has 1 aromatic heterocycles. The Balaban J connectivity index is 1.34. The van der Waals surface area contributed by atoms with Gasteiger partial charge in [-0.2, -0.15) is 0 Å². The highest BCUT2D eigenvalue weighted by Crippen LogP contribution is 2.32. The second-order valence-electron chi connectivity index (χ2n) is 7.84. The lowest BCUT2D eigenvalue weighted by Crippen LogP contribution is -2.42. The second kappa shape index (κ2) is 11.5. The maximum Gasteiger partial charge on any atom is 0.325 e. The van der Waals surface area contributed by atoms with Gasteiger partial charge >= 0.3 is 5.97 Å². The van der Waals surface area contributed by atoms with Crippen molar-refractivity contribution in [3.05, 3.63) is 88.8 Å². The zero-order valence-corrected chi connectivity index (χ0v) is 20.8. The number of carbonyl (C=O) groups excluding carboxylic acids is 3. The molecule has 2 heterocycles. The van der Waals surface area contributed by atoms with E-state index in [1.807, 2.05) is 18.2 Å². The molecule has 2 N–H and O–H groups in total. The van der Waals surface area contributed by atoms with Crippen LogP contribution in [0, 0.1) is 0 Å². The molecule has 2 amide bonds. The van der Waals surface area contributed by atoms with Crippen molar-refractivity contribution in [2.24, 2.45) is 0 Å². The smallest absolute Gasteiger partial charge is 0.325 e. The summed E-state index contributed by atoms with van der Waals surface area (Å²) in [6, 6.07) is 14.6. The Labute approximate surface area is 217 Å². The third kappa shape index (κ3) is 6.04. The Morgan fingerprint density at radius 2 is 1.81 bits per heavy atom. The number of carbonyl (C=O) groups is 3. The molecular formula is C26H24ClN3O7. The standard InChI is InChI=1S/C26H24ClN3O7/c1-34-22-10-7-17(12-23(22)35-2)26(33)28-14-25(32)37-15-24(31)30-20(21-4-3-11-36-21)13-19(29-30)16-5-8-18(27)9-6-16/h3-13,20,29H,14-15H2,1-2H3,(H,28,33)/t20-/m1/s1. The van der Waals surface area contributed by atoms with E-state index in [0.29, 0.717) is 28.0 Å². The van der Waals surface area contributed by atoms with Crippen LogP contribution in [0.25, 0.3) is 5.70 Å². The van der Waals surface area contributed by atoms with Crippen molar-refractivity contribution in [1.29, 1.82) is 0 Å². The number of esters is 1. The van der Waals surface area contributed by atoms with Crippen LogP contribution < -0.4 is 20.2 Å². The normalized spacial score (nSPS) is 14.4. The molecule has 0 radical (unpaired) electrons. The minimum atomic E-state index is -0.776. The first-order valence-electron chi connectivity index (χ1n) is 11.2. The van der Waals surface area contributed by atoms with Crippen molar-refractivity contribution >= 4 is 35.1 Å². The van der Waals surface area contributed by atoms with E-state index < -0.39 is 37.0 Å². The monoisotopic (exact) mass is 525 g/mol. The van der Waals surface area contributed by atoms with Crippen molar-refractivity contribution in [3.8, 4) is 11.5 Å². The second-order valence-corrected chi connectivity index (χ2v) is 8.27. The van der Waals surface area contributed by atoms with E-state index in [9.17, 15) is 14.4 Å². The quantitative estimate of drug-likeness (QED) is 0.408. The van der Waals surface area contributed by atoms with Gasteiger partial charge in [0.15, 0.2) is 18.1 Å². The van der Waals surface area contributed by atoms with Crippen molar-refractivity contribution in [1.82, 2.24) is 15.8 Å². The lowest BCUT2D eigenvalue weighted by Gasteiger charge is -2.23. The van der Waals surface area contributed by atoms with Crippen LogP contribution in [0.3, 0.4) is 0 Å². The number of halogens is 1. The highest BCUT2D eigenvalue weighted by Gasteiger charge is 2.33. The predicted molar refractivity (Wildman–Crippen MR) is 134 cm³/mol. The van der Waals surface area contributed by atoms with Crippen LogP contribution in [-0.4, -0.2) is 50.2 Å². The number of furan rings is 1. The molecule has 37 heavy (non-hydrogen) atoms. The van der Waals surface area contributed by atoms with Crippen LogP contribution in [0.5, 0.6) is 11.5 Å². The number of amides is 2. The molecule has 3 aromatic rings. The third-order valence-corrected chi connectivity index (χ3v) is 5.75. The highest BCUT2D eigenvalue weighted by molar-refractivity contribution is 6.30. The van der Waals surface area contributed by atoms with Crippen LogP contribution in [-0.2, 0) is 14.3 Å². The largest absolute Gasteiger partial charge is 0.493 e. The van der Waals surface area contributed by atoms with Gasteiger partial charge in [0, 0.05) is 10.6 Å². The summed E-state index contributed by atoms with van der Waals surface area (Å²) in [6.45, 7) is -0.971. The van der Waals surface area contributed by atoms with Crippen LogP contribution in [0.4, 0.5) is 0 Å². The summed E-state index contributed by atoms with van der Waals surface area (Å²) < 4.78 is 20.9. The fraction of sp³-hybridized carbons (Fsp3) is 0.192. The number of methoxy groups -OCH3 is 2. The molecular weight excluding hydrogens is 502 g/mol. The average Bonchev–Trinajstić information content (AvgIpc) is 3.61. The van der Waals surface area contributed by atoms with Crippen LogP contribution in [0.1, 0.15) is 27.7 Å². The summed E-state index contributed by atoms with van der Waals surface area (Å²) in [5.74, 6) is -0.436. The van der Waals surface area contributed by atoms with E-state index in [4.69, 9.17) is 30.2 Å².